The highest BCUT2D eigenvalue weighted by atomic mass is 16.5. The third-order valence-electron chi connectivity index (χ3n) is 4.28. The van der Waals surface area contributed by atoms with Crippen molar-refractivity contribution in [2.24, 2.45) is 5.92 Å². The van der Waals surface area contributed by atoms with Gasteiger partial charge in [0.25, 0.3) is 0 Å². The average Bonchev–Trinajstić information content (AvgIpc) is 3.01. The summed E-state index contributed by atoms with van der Waals surface area (Å²) in [5.74, 6) is 1.55. The molecule has 1 aromatic carbocycles. The first-order valence-corrected chi connectivity index (χ1v) is 7.66. The van der Waals surface area contributed by atoms with Crippen LogP contribution in [-0.2, 0) is 6.54 Å². The van der Waals surface area contributed by atoms with Crippen LogP contribution in [0.4, 0.5) is 0 Å². The van der Waals surface area contributed by atoms with E-state index in [1.807, 2.05) is 6.07 Å². The average molecular weight is 285 g/mol. The molecule has 2 heterocycles. The zero-order chi connectivity index (χ0) is 14.7. The van der Waals surface area contributed by atoms with E-state index in [1.165, 1.54) is 5.56 Å². The van der Waals surface area contributed by atoms with Gasteiger partial charge >= 0.3 is 0 Å². The summed E-state index contributed by atoms with van der Waals surface area (Å²) in [5, 5.41) is 7.51. The lowest BCUT2D eigenvalue weighted by Crippen LogP contribution is -2.54. The number of benzene rings is 1. The summed E-state index contributed by atoms with van der Waals surface area (Å²) in [6, 6.07) is 13.5. The Morgan fingerprint density at radius 3 is 2.76 bits per heavy atom. The van der Waals surface area contributed by atoms with Crippen LogP contribution in [0.3, 0.4) is 0 Å². The molecule has 0 spiro atoms. The van der Waals surface area contributed by atoms with Crippen molar-refractivity contribution in [2.75, 3.05) is 13.1 Å². The van der Waals surface area contributed by atoms with Gasteiger partial charge in [0.1, 0.15) is 0 Å². The maximum Gasteiger partial charge on any atom is 0.150 e. The van der Waals surface area contributed by atoms with E-state index in [0.29, 0.717) is 18.0 Å². The van der Waals surface area contributed by atoms with Crippen LogP contribution in [0.25, 0.3) is 0 Å². The highest BCUT2D eigenvalue weighted by Crippen LogP contribution is 2.24. The summed E-state index contributed by atoms with van der Waals surface area (Å²) in [6.45, 7) is 7.39. The summed E-state index contributed by atoms with van der Waals surface area (Å²) in [7, 11) is 0. The Labute approximate surface area is 126 Å². The zero-order valence-corrected chi connectivity index (χ0v) is 12.7. The molecule has 1 N–H and O–H groups in total. The third-order valence-corrected chi connectivity index (χ3v) is 4.28. The first-order chi connectivity index (χ1) is 10.2. The highest BCUT2D eigenvalue weighted by molar-refractivity contribution is 5.20. The summed E-state index contributed by atoms with van der Waals surface area (Å²) >= 11 is 0. The Balaban J connectivity index is 1.75. The topological polar surface area (TPSA) is 41.3 Å². The number of hydrogen-bond donors (Lipinski definition) is 1. The minimum Gasteiger partial charge on any atom is -0.360 e. The molecule has 4 nitrogen and oxygen atoms in total. The predicted octanol–water partition coefficient (Wildman–Crippen LogP) is 2.85. The lowest BCUT2D eigenvalue weighted by molar-refractivity contribution is 0.0817. The summed E-state index contributed by atoms with van der Waals surface area (Å²) in [5.41, 5.74) is 1.35. The first kappa shape index (κ1) is 14.3. The minimum absolute atomic E-state index is 0.379. The van der Waals surface area contributed by atoms with Crippen LogP contribution in [0.15, 0.2) is 47.1 Å². The molecule has 0 radical (unpaired) electrons. The fourth-order valence-electron chi connectivity index (χ4n) is 3.10. The van der Waals surface area contributed by atoms with Gasteiger partial charge in [-0.25, -0.2) is 0 Å². The van der Waals surface area contributed by atoms with Gasteiger partial charge in [-0.15, -0.1) is 0 Å². The summed E-state index contributed by atoms with van der Waals surface area (Å²) < 4.78 is 5.29. The molecule has 0 amide bonds. The largest absolute Gasteiger partial charge is 0.360 e. The molecule has 4 heteroatoms. The van der Waals surface area contributed by atoms with Crippen LogP contribution in [0.1, 0.15) is 31.2 Å². The molecule has 2 atom stereocenters. The van der Waals surface area contributed by atoms with E-state index >= 15 is 0 Å². The van der Waals surface area contributed by atoms with Crippen LogP contribution in [-0.4, -0.2) is 29.2 Å². The summed E-state index contributed by atoms with van der Waals surface area (Å²) in [4.78, 5) is 2.51. The van der Waals surface area contributed by atoms with E-state index in [4.69, 9.17) is 4.52 Å². The van der Waals surface area contributed by atoms with E-state index in [9.17, 15) is 0 Å². The first-order valence-electron chi connectivity index (χ1n) is 7.66. The molecule has 0 aliphatic carbocycles. The Hall–Kier alpha value is -1.65. The highest BCUT2D eigenvalue weighted by Gasteiger charge is 2.30. The van der Waals surface area contributed by atoms with Crippen molar-refractivity contribution < 1.29 is 4.52 Å². The third kappa shape index (κ3) is 3.34. The van der Waals surface area contributed by atoms with Gasteiger partial charge in [0, 0.05) is 31.2 Å². The molecule has 1 aliphatic rings. The number of piperazine rings is 1. The van der Waals surface area contributed by atoms with Crippen LogP contribution in [0.2, 0.25) is 0 Å². The quantitative estimate of drug-likeness (QED) is 0.938. The Morgan fingerprint density at radius 1 is 1.29 bits per heavy atom. The molecule has 21 heavy (non-hydrogen) atoms. The standard InChI is InChI=1S/C17H23N3O/c1-13(2)17-10-18-16(14-6-4-3-5-7-14)12-20(17)11-15-8-9-19-21-15/h3-9,13,16-18H,10-12H2,1-2H3. The number of hydrogen-bond acceptors (Lipinski definition) is 4. The second-order valence-electron chi connectivity index (χ2n) is 6.09. The van der Waals surface area contributed by atoms with E-state index in [-0.39, 0.29) is 0 Å². The second-order valence-corrected chi connectivity index (χ2v) is 6.09. The molecule has 0 bridgehead atoms. The van der Waals surface area contributed by atoms with E-state index in [0.717, 1.165) is 25.4 Å². The van der Waals surface area contributed by atoms with Crippen molar-refractivity contribution in [3.8, 4) is 0 Å². The molecule has 1 aliphatic heterocycles. The van der Waals surface area contributed by atoms with Crippen LogP contribution in [0, 0.1) is 5.92 Å². The Kier molecular flexibility index (Phi) is 4.36. The van der Waals surface area contributed by atoms with Gasteiger partial charge < -0.3 is 9.84 Å². The molecule has 3 rings (SSSR count). The van der Waals surface area contributed by atoms with Crippen LogP contribution in [0.5, 0.6) is 0 Å². The molecule has 2 unspecified atom stereocenters. The fraction of sp³-hybridized carbons (Fsp3) is 0.471. The van der Waals surface area contributed by atoms with Crippen molar-refractivity contribution in [1.82, 2.24) is 15.4 Å². The van der Waals surface area contributed by atoms with Gasteiger partial charge in [-0.2, -0.15) is 0 Å². The smallest absolute Gasteiger partial charge is 0.150 e. The Bertz CT molecular complexity index is 538. The predicted molar refractivity (Wildman–Crippen MR) is 82.7 cm³/mol. The molecule has 1 fully saturated rings. The summed E-state index contributed by atoms with van der Waals surface area (Å²) in [6.07, 6.45) is 1.72. The van der Waals surface area contributed by atoms with Gasteiger partial charge in [0.15, 0.2) is 5.76 Å². The van der Waals surface area contributed by atoms with Crippen molar-refractivity contribution in [2.45, 2.75) is 32.5 Å². The molecule has 1 aromatic heterocycles. The number of nitrogens with zero attached hydrogens (tertiary/aromatic N) is 2. The zero-order valence-electron chi connectivity index (χ0n) is 12.7. The maximum atomic E-state index is 5.29. The molecule has 0 saturated carbocycles. The van der Waals surface area contributed by atoms with Gasteiger partial charge in [-0.3, -0.25) is 4.90 Å². The van der Waals surface area contributed by atoms with Crippen molar-refractivity contribution in [1.29, 1.82) is 0 Å². The SMILES string of the molecule is CC(C)C1CNC(c2ccccc2)CN1Cc1ccno1. The van der Waals surface area contributed by atoms with E-state index in [1.54, 1.807) is 6.20 Å². The van der Waals surface area contributed by atoms with Gasteiger partial charge in [0.2, 0.25) is 0 Å². The van der Waals surface area contributed by atoms with Gasteiger partial charge in [0.05, 0.1) is 12.7 Å². The lowest BCUT2D eigenvalue weighted by atomic mass is 9.95. The van der Waals surface area contributed by atoms with Gasteiger partial charge in [-0.05, 0) is 11.5 Å². The minimum atomic E-state index is 0.379. The monoisotopic (exact) mass is 285 g/mol. The van der Waals surface area contributed by atoms with E-state index in [2.05, 4.69) is 59.6 Å². The second kappa shape index (κ2) is 6.41. The van der Waals surface area contributed by atoms with Crippen molar-refractivity contribution >= 4 is 0 Å². The van der Waals surface area contributed by atoms with E-state index < -0.39 is 0 Å². The van der Waals surface area contributed by atoms with Crippen LogP contribution < -0.4 is 5.32 Å². The Morgan fingerprint density at radius 2 is 2.10 bits per heavy atom. The number of rotatable bonds is 4. The molecule has 112 valence electrons. The number of nitrogens with one attached hydrogen (secondary N) is 1. The number of aromatic nitrogens is 1. The maximum absolute atomic E-state index is 5.29. The van der Waals surface area contributed by atoms with Gasteiger partial charge in [-0.1, -0.05) is 49.3 Å². The lowest BCUT2D eigenvalue weighted by Gasteiger charge is -2.42. The molecule has 2 aromatic rings. The fourth-order valence-corrected chi connectivity index (χ4v) is 3.10. The molecular formula is C17H23N3O. The molecular weight excluding hydrogens is 262 g/mol. The van der Waals surface area contributed by atoms with Crippen molar-refractivity contribution in [3.63, 3.8) is 0 Å². The van der Waals surface area contributed by atoms with Crippen LogP contribution >= 0.6 is 0 Å². The van der Waals surface area contributed by atoms with Crippen molar-refractivity contribution in [3.05, 3.63) is 53.9 Å². The molecule has 1 saturated heterocycles. The normalized spacial score (nSPS) is 23.6.